The Hall–Kier alpha value is -19.2. The number of benzene rings is 34. The standard InChI is InChI=1S/C52H30.2C48H28/c1-2-8-38-29-48(43-24-20-36-18-16-32-11-6-13-34-22-26-45(43)52(36)50(32)34)46(28-37(38)7-1)40-27-39-9-3-4-14-41(39)47(30-40)42-23-19-35-17-15-31-10-5-12-33-21-25-44(42)51(35)49(31)33;2*1-2-12-36-35(11-1)39(27-28-40(36)42-24-20-34-18-16-30-8-6-10-32-22-26-44(42)48(34)46(30)32)37-13-3-4-14-38(37)41-23-19-33-17-15-29-7-5-9-31-21-25-43(41)47(33)45(29)31/h1-30H;2*1-28H/i1D,2D,3D,4D,7D,8D,9D,14D,27D,28D,29D,30D;1D,2D,3D,4D,5D,6D,7D,8D,9D,10D,11D,12D,13D,14D,15D,16D,17D,18D,19D,20D,21D,22D,24D,25D,26D,27D,28D;5D,6D,7D,8D,9D,10D,15D,16D,17D,18D,19D,20D,21D,22D,23D,24D,25D,26D. The molecular weight excluding hydrogens is 1780 g/mol. The molecule has 0 nitrogen and oxygen atoms in total. The molecule has 0 saturated heterocycles. The molecule has 0 aliphatic rings. The average Bonchev–Trinajstić information content (AvgIpc) is 0.682. The normalized spacial score (nSPS) is 17.6. The molecule has 0 radical (unpaired) electrons. The molecule has 0 unspecified atom stereocenters. The van der Waals surface area contributed by atoms with E-state index in [2.05, 4.69) is 0 Å². The molecule has 34 aromatic carbocycles. The van der Waals surface area contributed by atoms with Crippen LogP contribution >= 0.6 is 0 Å². The van der Waals surface area contributed by atoms with Gasteiger partial charge in [-0.05, 0) is 361 Å². The van der Waals surface area contributed by atoms with Gasteiger partial charge in [-0.25, -0.2) is 0 Å². The maximum absolute atomic E-state index is 10.3. The zero-order valence-corrected chi connectivity index (χ0v) is 76.2. The Balaban J connectivity index is 0.000000124. The van der Waals surface area contributed by atoms with Crippen LogP contribution in [0.4, 0.5) is 0 Å². The lowest BCUT2D eigenvalue weighted by molar-refractivity contribution is 1.62. The fraction of sp³-hybridized carbons (Fsp3) is 0. The molecule has 148 heavy (non-hydrogen) atoms. The molecule has 0 heteroatoms. The third-order valence-corrected chi connectivity index (χ3v) is 28.7. The predicted octanol–water partition coefficient (Wildman–Crippen LogP) is 42.1. The Morgan fingerprint density at radius 1 is 0.0946 bits per heavy atom. The summed E-state index contributed by atoms with van der Waals surface area (Å²) >= 11 is 0. The van der Waals surface area contributed by atoms with Crippen LogP contribution in [0.25, 0.3) is 337 Å². The van der Waals surface area contributed by atoms with E-state index in [9.17, 15) is 34.3 Å². The Kier molecular flexibility index (Phi) is 9.71. The van der Waals surface area contributed by atoms with E-state index < -0.39 is 403 Å². The lowest BCUT2D eigenvalue weighted by Gasteiger charge is -2.19. The molecule has 0 aromatic heterocycles. The molecule has 0 spiro atoms. The first-order chi connectivity index (χ1) is 97.2. The van der Waals surface area contributed by atoms with Crippen LogP contribution in [-0.2, 0) is 0 Å². The molecule has 0 fully saturated rings. The molecule has 0 aliphatic heterocycles. The molecule has 0 atom stereocenters. The lowest BCUT2D eigenvalue weighted by atomic mass is 9.84. The monoisotopic (exact) mass is 1920 g/mol. The van der Waals surface area contributed by atoms with E-state index in [1.54, 1.807) is 66.7 Å². The molecular formula is C148H86. The quantitative estimate of drug-likeness (QED) is 0.126. The fourth-order valence-corrected chi connectivity index (χ4v) is 22.2. The SMILES string of the molecule is [2H]c1c([2H])c([2H])c(-c2cc([2H])c3c([2H])c([2H])c4c([2H])c([2H])c([2H])c5c([2H])c([2H])c2c3c45)c(-c2c([2H])c([2H])c(-c3c([2H])c([2H])c4c([2H])c([2H])c5c([2H])c([2H])c([2H])c6c([2H])c([2H])c3c4c56)c3c([2H])c([2H])c([2H])c([2H])c23)c1[2H].[2H]c1c([2H])c([2H])c2c([2H])c(-c3ccc4ccc5cccc6ccc3c4c56)c(-c3c([2H])c(-c4ccc5ccc6cccc7ccc4c5c67)c4c([2H])c([2H])c([2H])c([2H])c4c3[2H])c([2H])c2c1[2H].[2H]c1c([2H])c2c([2H])c([2H])c3c([2H])c([2H])c(-c4ccccc4-c4ccc(-c5c([2H])c([2H])c6c([2H])c([2H])c7c([2H])c([2H])c([2H])c8c([2H])c([2H])c5c6c78)c5ccccc45)c4c([2H])c([2H])c(c1[2H])c2c34. The molecule has 0 bridgehead atoms. The van der Waals surface area contributed by atoms with Crippen molar-refractivity contribution in [3.63, 3.8) is 0 Å². The minimum Gasteiger partial charge on any atom is -0.0616 e. The van der Waals surface area contributed by atoms with Crippen molar-refractivity contribution in [3.8, 4) is 100 Å². The zero-order valence-electron chi connectivity index (χ0n) is 133. The highest BCUT2D eigenvalue weighted by Crippen LogP contribution is 2.54. The average molecular weight is 1920 g/mol. The lowest BCUT2D eigenvalue weighted by Crippen LogP contribution is -1.92. The second kappa shape index (κ2) is 32.1. The van der Waals surface area contributed by atoms with Crippen molar-refractivity contribution in [3.05, 3.63) is 520 Å². The van der Waals surface area contributed by atoms with E-state index in [1.165, 1.54) is 0 Å². The molecule has 678 valence electrons. The van der Waals surface area contributed by atoms with Crippen LogP contribution in [0.5, 0.6) is 0 Å². The second-order valence-corrected chi connectivity index (χ2v) is 36.3. The van der Waals surface area contributed by atoms with Crippen LogP contribution in [-0.4, -0.2) is 0 Å². The van der Waals surface area contributed by atoms with E-state index in [0.29, 0.717) is 54.9 Å². The van der Waals surface area contributed by atoms with Crippen LogP contribution in [0.1, 0.15) is 78.1 Å². The van der Waals surface area contributed by atoms with Crippen molar-refractivity contribution in [2.75, 3.05) is 0 Å². The summed E-state index contributed by atoms with van der Waals surface area (Å²) in [4.78, 5) is 0. The highest BCUT2D eigenvalue weighted by molar-refractivity contribution is 6.34. The Morgan fingerprint density at radius 3 is 0.831 bits per heavy atom. The van der Waals surface area contributed by atoms with Gasteiger partial charge in [0, 0.05) is 0 Å². The summed E-state index contributed by atoms with van der Waals surface area (Å²) in [6.07, 6.45) is 0. The smallest absolute Gasteiger partial charge is 0.0616 e. The maximum Gasteiger partial charge on any atom is 0.0636 e. The summed E-state index contributed by atoms with van der Waals surface area (Å²) in [5.74, 6) is 0. The fourth-order valence-electron chi connectivity index (χ4n) is 22.2. The van der Waals surface area contributed by atoms with Crippen LogP contribution in [0.2, 0.25) is 0 Å². The number of fused-ring (bicyclic) bond motifs is 4. The summed E-state index contributed by atoms with van der Waals surface area (Å²) in [7, 11) is 0. The van der Waals surface area contributed by atoms with Gasteiger partial charge >= 0.3 is 0 Å². The van der Waals surface area contributed by atoms with Gasteiger partial charge in [-0.1, -0.05) is 496 Å². The highest BCUT2D eigenvalue weighted by Gasteiger charge is 2.27. The van der Waals surface area contributed by atoms with Crippen LogP contribution in [0.15, 0.2) is 520 Å². The van der Waals surface area contributed by atoms with Gasteiger partial charge < -0.3 is 0 Å². The van der Waals surface area contributed by atoms with Crippen molar-refractivity contribution in [2.45, 2.75) is 0 Å². The van der Waals surface area contributed by atoms with Gasteiger partial charge in [0.1, 0.15) is 0 Å². The van der Waals surface area contributed by atoms with Gasteiger partial charge in [0.25, 0.3) is 0 Å². The number of hydrogen-bond donors (Lipinski definition) is 0. The van der Waals surface area contributed by atoms with Crippen molar-refractivity contribution >= 4 is 237 Å². The van der Waals surface area contributed by atoms with E-state index in [-0.39, 0.29) is 169 Å². The van der Waals surface area contributed by atoms with Gasteiger partial charge in [0.15, 0.2) is 0 Å². The van der Waals surface area contributed by atoms with Crippen LogP contribution < -0.4 is 0 Å². The summed E-state index contributed by atoms with van der Waals surface area (Å²) < 4.78 is 521. The topological polar surface area (TPSA) is 0 Å². The zero-order chi connectivity index (χ0) is 146. The first kappa shape index (κ1) is 44.7. The third kappa shape index (κ3) is 12.4. The molecule has 0 saturated carbocycles. The second-order valence-electron chi connectivity index (χ2n) is 36.3. The van der Waals surface area contributed by atoms with E-state index >= 15 is 0 Å². The molecule has 0 amide bonds. The first-order valence-corrected chi connectivity index (χ1v) is 47.1. The van der Waals surface area contributed by atoms with E-state index in [1.807, 2.05) is 103 Å². The Labute approximate surface area is 932 Å². The highest BCUT2D eigenvalue weighted by atomic mass is 14.3. The van der Waals surface area contributed by atoms with Gasteiger partial charge in [-0.15, -0.1) is 0 Å². The molecule has 0 heterocycles. The summed E-state index contributed by atoms with van der Waals surface area (Å²) in [6, 6.07) is 17.1. The largest absolute Gasteiger partial charge is 0.0636 e. The van der Waals surface area contributed by atoms with Crippen molar-refractivity contribution in [1.29, 1.82) is 0 Å². The Bertz CT molecular complexity index is 15300. The summed E-state index contributed by atoms with van der Waals surface area (Å²) in [6.45, 7) is 0. The van der Waals surface area contributed by atoms with Crippen molar-refractivity contribution in [2.24, 2.45) is 0 Å². The molecule has 34 aromatic rings. The first-order valence-electron chi connectivity index (χ1n) is 75.6. The van der Waals surface area contributed by atoms with Crippen molar-refractivity contribution < 1.29 is 78.1 Å². The molecule has 0 aliphatic carbocycles. The predicted molar refractivity (Wildman–Crippen MR) is 640 cm³/mol. The van der Waals surface area contributed by atoms with Crippen molar-refractivity contribution in [1.82, 2.24) is 0 Å². The minimum atomic E-state index is -1.05. The van der Waals surface area contributed by atoms with E-state index in [0.717, 1.165) is 59.9 Å². The van der Waals surface area contributed by atoms with Gasteiger partial charge in [0.2, 0.25) is 0 Å². The number of rotatable bonds is 9. The van der Waals surface area contributed by atoms with Gasteiger partial charge in [0.05, 0.1) is 78.1 Å². The van der Waals surface area contributed by atoms with Gasteiger partial charge in [-0.2, -0.15) is 0 Å². The van der Waals surface area contributed by atoms with Crippen LogP contribution in [0.3, 0.4) is 0 Å². The molecule has 0 N–H and O–H groups in total. The summed E-state index contributed by atoms with van der Waals surface area (Å²) in [5.41, 5.74) is -1.39. The third-order valence-electron chi connectivity index (χ3n) is 28.7. The minimum absolute atomic E-state index is 0.00496. The molecule has 34 rings (SSSR count). The Morgan fingerprint density at radius 2 is 0.365 bits per heavy atom. The summed E-state index contributed by atoms with van der Waals surface area (Å²) in [5, 5.41) is 4.75. The maximum atomic E-state index is 10.3. The van der Waals surface area contributed by atoms with Gasteiger partial charge in [-0.3, -0.25) is 0 Å². The van der Waals surface area contributed by atoms with E-state index in [4.69, 9.17) is 43.9 Å². The van der Waals surface area contributed by atoms with Crippen LogP contribution in [0, 0.1) is 0 Å². The number of hydrogen-bond acceptors (Lipinski definition) is 0.